The Labute approximate surface area is 170 Å². The van der Waals surface area contributed by atoms with Crippen LogP contribution in [0.5, 0.6) is 0 Å². The lowest BCUT2D eigenvalue weighted by Crippen LogP contribution is -2.39. The average Bonchev–Trinajstić information content (AvgIpc) is 3.24. The zero-order chi connectivity index (χ0) is 20.4. The molecule has 1 aliphatic rings. The van der Waals surface area contributed by atoms with Crippen molar-refractivity contribution in [3.05, 3.63) is 81.1 Å². The molecule has 0 saturated carbocycles. The minimum absolute atomic E-state index is 0.0492. The second kappa shape index (κ2) is 8.21. The maximum absolute atomic E-state index is 13.1. The Balaban J connectivity index is 1.66. The van der Waals surface area contributed by atoms with E-state index in [4.69, 9.17) is 4.74 Å². The Morgan fingerprint density at radius 2 is 1.83 bits per heavy atom. The van der Waals surface area contributed by atoms with Crippen LogP contribution >= 0.6 is 0 Å². The molecular weight excluding hydrogens is 364 g/mol. The van der Waals surface area contributed by atoms with E-state index in [1.807, 2.05) is 62.4 Å². The molecule has 1 aromatic heterocycles. The van der Waals surface area contributed by atoms with Crippen LogP contribution in [-0.2, 0) is 22.6 Å². The van der Waals surface area contributed by atoms with E-state index in [0.29, 0.717) is 18.7 Å². The molecule has 1 atom stereocenters. The van der Waals surface area contributed by atoms with Crippen molar-refractivity contribution in [2.75, 3.05) is 6.61 Å². The SMILES string of the molecule is Cc1ccc(CN(Cc2cc3cc(C)ccc3[nH]c2=O)C(=O)[C@@H]2CCCO2)cc1. The standard InChI is InChI=1S/C24H26N2O3/c1-16-5-8-18(9-6-16)14-26(24(28)22-4-3-11-29-22)15-20-13-19-12-17(2)7-10-21(19)25-23(20)27/h5-10,12-13,22H,3-4,11,14-15H2,1-2H3,(H,25,27)/t22-/m0/s1. The summed E-state index contributed by atoms with van der Waals surface area (Å²) in [5.41, 5.74) is 4.57. The number of nitrogens with one attached hydrogen (secondary N) is 1. The van der Waals surface area contributed by atoms with Gasteiger partial charge in [0.15, 0.2) is 0 Å². The van der Waals surface area contributed by atoms with E-state index >= 15 is 0 Å². The Morgan fingerprint density at radius 1 is 1.07 bits per heavy atom. The van der Waals surface area contributed by atoms with Crippen molar-refractivity contribution in [3.63, 3.8) is 0 Å². The van der Waals surface area contributed by atoms with E-state index in [1.165, 1.54) is 5.56 Å². The smallest absolute Gasteiger partial charge is 0.253 e. The molecule has 0 unspecified atom stereocenters. The molecule has 2 aromatic carbocycles. The summed E-state index contributed by atoms with van der Waals surface area (Å²) in [6, 6.07) is 16.0. The molecule has 1 aliphatic heterocycles. The van der Waals surface area contributed by atoms with E-state index in [1.54, 1.807) is 4.90 Å². The summed E-state index contributed by atoms with van der Waals surface area (Å²) >= 11 is 0. The van der Waals surface area contributed by atoms with Gasteiger partial charge < -0.3 is 14.6 Å². The van der Waals surface area contributed by atoms with Gasteiger partial charge in [0.05, 0.1) is 6.54 Å². The molecule has 3 aromatic rings. The molecule has 0 aliphatic carbocycles. The van der Waals surface area contributed by atoms with Gasteiger partial charge in [-0.1, -0.05) is 41.5 Å². The third kappa shape index (κ3) is 4.40. The zero-order valence-corrected chi connectivity index (χ0v) is 16.9. The fourth-order valence-corrected chi connectivity index (χ4v) is 3.80. The molecule has 1 saturated heterocycles. The van der Waals surface area contributed by atoms with Crippen LogP contribution in [0, 0.1) is 13.8 Å². The second-order valence-corrected chi connectivity index (χ2v) is 7.90. The lowest BCUT2D eigenvalue weighted by Gasteiger charge is -2.25. The molecule has 0 radical (unpaired) electrons. The predicted molar refractivity (Wildman–Crippen MR) is 114 cm³/mol. The average molecular weight is 390 g/mol. The second-order valence-electron chi connectivity index (χ2n) is 7.90. The summed E-state index contributed by atoms with van der Waals surface area (Å²) < 4.78 is 5.63. The number of carbonyl (C=O) groups is 1. The number of benzene rings is 2. The maximum atomic E-state index is 13.1. The van der Waals surface area contributed by atoms with Gasteiger partial charge in [0.25, 0.3) is 11.5 Å². The normalized spacial score (nSPS) is 16.3. The first-order chi connectivity index (χ1) is 14.0. The molecule has 0 bridgehead atoms. The van der Waals surface area contributed by atoms with Gasteiger partial charge in [-0.3, -0.25) is 9.59 Å². The Bertz CT molecular complexity index is 1080. The highest BCUT2D eigenvalue weighted by atomic mass is 16.5. The minimum atomic E-state index is -0.415. The third-order valence-corrected chi connectivity index (χ3v) is 5.45. The number of ether oxygens (including phenoxy) is 1. The number of pyridine rings is 1. The summed E-state index contributed by atoms with van der Waals surface area (Å²) in [6.07, 6.45) is 1.21. The lowest BCUT2D eigenvalue weighted by molar-refractivity contribution is -0.142. The number of aromatic amines is 1. The summed E-state index contributed by atoms with van der Waals surface area (Å²) in [5, 5.41) is 0.972. The number of amides is 1. The van der Waals surface area contributed by atoms with Gasteiger partial charge in [0.1, 0.15) is 6.10 Å². The third-order valence-electron chi connectivity index (χ3n) is 5.45. The quantitative estimate of drug-likeness (QED) is 0.720. The number of aromatic nitrogens is 1. The van der Waals surface area contributed by atoms with Gasteiger partial charge in [-0.05, 0) is 55.8 Å². The van der Waals surface area contributed by atoms with E-state index < -0.39 is 6.10 Å². The topological polar surface area (TPSA) is 62.4 Å². The highest BCUT2D eigenvalue weighted by molar-refractivity contribution is 5.82. The van der Waals surface area contributed by atoms with Gasteiger partial charge >= 0.3 is 0 Å². The van der Waals surface area contributed by atoms with E-state index in [2.05, 4.69) is 4.98 Å². The van der Waals surface area contributed by atoms with Crippen molar-refractivity contribution in [2.24, 2.45) is 0 Å². The fourth-order valence-electron chi connectivity index (χ4n) is 3.80. The Hall–Kier alpha value is -2.92. The van der Waals surface area contributed by atoms with E-state index in [9.17, 15) is 9.59 Å². The van der Waals surface area contributed by atoms with Crippen LogP contribution < -0.4 is 5.56 Å². The number of hydrogen-bond acceptors (Lipinski definition) is 3. The first kappa shape index (κ1) is 19.4. The Kier molecular flexibility index (Phi) is 5.49. The van der Waals surface area contributed by atoms with Crippen LogP contribution in [0.3, 0.4) is 0 Å². The summed E-state index contributed by atoms with van der Waals surface area (Å²) in [6.45, 7) is 5.38. The van der Waals surface area contributed by atoms with Gasteiger partial charge in [0.2, 0.25) is 0 Å². The van der Waals surface area contributed by atoms with Crippen molar-refractivity contribution in [2.45, 2.75) is 45.9 Å². The number of carbonyl (C=O) groups excluding carboxylic acids is 1. The largest absolute Gasteiger partial charge is 0.368 e. The highest BCUT2D eigenvalue weighted by Crippen LogP contribution is 2.20. The monoisotopic (exact) mass is 390 g/mol. The zero-order valence-electron chi connectivity index (χ0n) is 16.9. The number of fused-ring (bicyclic) bond motifs is 1. The van der Waals surface area contributed by atoms with Crippen LogP contribution in [0.4, 0.5) is 0 Å². The predicted octanol–water partition coefficient (Wildman–Crippen LogP) is 3.85. The minimum Gasteiger partial charge on any atom is -0.368 e. The molecule has 5 nitrogen and oxygen atoms in total. The van der Waals surface area contributed by atoms with Crippen LogP contribution in [0.15, 0.2) is 53.3 Å². The van der Waals surface area contributed by atoms with Crippen LogP contribution in [0.2, 0.25) is 0 Å². The number of rotatable bonds is 5. The fraction of sp³-hybridized carbons (Fsp3) is 0.333. The molecule has 0 spiro atoms. The van der Waals surface area contributed by atoms with Crippen LogP contribution in [0.25, 0.3) is 10.9 Å². The van der Waals surface area contributed by atoms with Crippen LogP contribution in [0.1, 0.15) is 35.1 Å². The van der Waals surface area contributed by atoms with Crippen molar-refractivity contribution >= 4 is 16.8 Å². The maximum Gasteiger partial charge on any atom is 0.253 e. The molecule has 4 rings (SSSR count). The van der Waals surface area contributed by atoms with Crippen molar-refractivity contribution in [1.82, 2.24) is 9.88 Å². The van der Waals surface area contributed by atoms with Gasteiger partial charge in [-0.25, -0.2) is 0 Å². The summed E-state index contributed by atoms with van der Waals surface area (Å²) in [5.74, 6) is -0.0492. The molecular formula is C24H26N2O3. The molecule has 1 fully saturated rings. The number of hydrogen-bond donors (Lipinski definition) is 1. The van der Waals surface area contributed by atoms with Crippen molar-refractivity contribution in [1.29, 1.82) is 0 Å². The summed E-state index contributed by atoms with van der Waals surface area (Å²) in [7, 11) is 0. The van der Waals surface area contributed by atoms with Crippen molar-refractivity contribution < 1.29 is 9.53 Å². The van der Waals surface area contributed by atoms with Gasteiger partial charge in [-0.15, -0.1) is 0 Å². The highest BCUT2D eigenvalue weighted by Gasteiger charge is 2.29. The molecule has 2 heterocycles. The first-order valence-electron chi connectivity index (χ1n) is 10.1. The molecule has 1 amide bonds. The lowest BCUT2D eigenvalue weighted by atomic mass is 10.1. The first-order valence-corrected chi connectivity index (χ1v) is 10.1. The van der Waals surface area contributed by atoms with E-state index in [-0.39, 0.29) is 18.0 Å². The van der Waals surface area contributed by atoms with Crippen LogP contribution in [-0.4, -0.2) is 28.5 Å². The molecule has 150 valence electrons. The van der Waals surface area contributed by atoms with Gasteiger partial charge in [-0.2, -0.15) is 0 Å². The molecule has 29 heavy (non-hydrogen) atoms. The summed E-state index contributed by atoms with van der Waals surface area (Å²) in [4.78, 5) is 30.5. The number of H-pyrrole nitrogens is 1. The van der Waals surface area contributed by atoms with Gasteiger partial charge in [0, 0.05) is 24.2 Å². The molecule has 5 heteroatoms. The molecule has 1 N–H and O–H groups in total. The Morgan fingerprint density at radius 3 is 2.55 bits per heavy atom. The number of nitrogens with zero attached hydrogens (tertiary/aromatic N) is 1. The van der Waals surface area contributed by atoms with Crippen molar-refractivity contribution in [3.8, 4) is 0 Å². The number of aryl methyl sites for hydroxylation is 2. The van der Waals surface area contributed by atoms with E-state index in [0.717, 1.165) is 34.9 Å².